The molecule has 0 saturated carbocycles. The Kier molecular flexibility index (Phi) is 13.3. The fraction of sp³-hybridized carbons (Fsp3) is 0.421. The van der Waals surface area contributed by atoms with E-state index in [2.05, 4.69) is 0 Å². The van der Waals surface area contributed by atoms with Crippen LogP contribution in [0.15, 0.2) is 71.7 Å². The van der Waals surface area contributed by atoms with Crippen molar-refractivity contribution < 1.29 is 47.8 Å². The molecule has 0 bridgehead atoms. The summed E-state index contributed by atoms with van der Waals surface area (Å²) in [6.07, 6.45) is 1.28. The van der Waals surface area contributed by atoms with Crippen LogP contribution in [0.2, 0.25) is 0 Å². The number of para-hydroxylation sites is 2. The zero-order chi connectivity index (χ0) is 36.3. The summed E-state index contributed by atoms with van der Waals surface area (Å²) in [5.74, 6) is -4.14. The van der Waals surface area contributed by atoms with Crippen LogP contribution in [0.3, 0.4) is 0 Å². The van der Waals surface area contributed by atoms with Crippen molar-refractivity contribution in [3.05, 3.63) is 93.8 Å². The number of nitrogens with zero attached hydrogens (tertiary/aromatic N) is 1. The fourth-order valence-electron chi connectivity index (χ4n) is 5.69. The highest BCUT2D eigenvalue weighted by atomic mass is 16.9. The molecule has 4 aromatic rings. The minimum Gasteiger partial charge on any atom is -0.493 e. The lowest BCUT2D eigenvalue weighted by atomic mass is 10.1. The zero-order valence-corrected chi connectivity index (χ0v) is 29.8. The molecule has 0 aliphatic rings. The molecule has 0 spiro atoms. The minimum absolute atomic E-state index is 0.00395. The van der Waals surface area contributed by atoms with Gasteiger partial charge in [-0.15, -0.1) is 0 Å². The summed E-state index contributed by atoms with van der Waals surface area (Å²) >= 11 is 0. The van der Waals surface area contributed by atoms with Crippen molar-refractivity contribution in [2.45, 2.75) is 67.0 Å². The molecule has 12 nitrogen and oxygen atoms in total. The summed E-state index contributed by atoms with van der Waals surface area (Å²) in [5, 5.41) is 10.00. The number of aromatic nitrogens is 1. The summed E-state index contributed by atoms with van der Waals surface area (Å²) in [6, 6.07) is 17.4. The molecule has 1 heterocycles. The Morgan fingerprint density at radius 2 is 1.12 bits per heavy atom. The van der Waals surface area contributed by atoms with E-state index in [1.54, 1.807) is 62.6 Å². The third-order valence-electron chi connectivity index (χ3n) is 7.58. The average Bonchev–Trinajstić information content (AvgIpc) is 3.10. The Morgan fingerprint density at radius 3 is 1.56 bits per heavy atom. The second-order valence-corrected chi connectivity index (χ2v) is 10.7. The van der Waals surface area contributed by atoms with E-state index in [9.17, 15) is 14.7 Å². The Hall–Kier alpha value is -4.62. The summed E-state index contributed by atoms with van der Waals surface area (Å²) in [5.41, 5.74) is 0.00373. The molecule has 50 heavy (non-hydrogen) atoms. The Morgan fingerprint density at radius 1 is 0.640 bits per heavy atom. The van der Waals surface area contributed by atoms with E-state index in [4.69, 9.17) is 37.9 Å². The molecule has 1 N–H and O–H groups in total. The standard InChI is InChI=1S/C38H47NO11/c1-8-39-25-27(36(41)42)34(40)26-23-24-32(49-37(45-11-4,46-12-5)28-19-15-17-21-30(28)43-9-2)35(33(26)39)50-38(47-13-6,48-14-7)29-20-16-18-22-31(29)44-10-3/h15-25H,8-14H2,1-7H3,(H,41,42). The van der Waals surface area contributed by atoms with Crippen LogP contribution in [-0.4, -0.2) is 55.3 Å². The van der Waals surface area contributed by atoms with Crippen LogP contribution in [0.1, 0.15) is 70.0 Å². The normalized spacial score (nSPS) is 11.8. The predicted molar refractivity (Wildman–Crippen MR) is 187 cm³/mol. The van der Waals surface area contributed by atoms with Crippen LogP contribution >= 0.6 is 0 Å². The van der Waals surface area contributed by atoms with Gasteiger partial charge in [0, 0.05) is 12.7 Å². The number of hydrogen-bond donors (Lipinski definition) is 1. The van der Waals surface area contributed by atoms with Crippen LogP contribution in [0.4, 0.5) is 0 Å². The highest BCUT2D eigenvalue weighted by Crippen LogP contribution is 2.46. The molecule has 0 radical (unpaired) electrons. The van der Waals surface area contributed by atoms with E-state index in [1.807, 2.05) is 39.0 Å². The first-order chi connectivity index (χ1) is 24.2. The minimum atomic E-state index is -1.93. The fourth-order valence-corrected chi connectivity index (χ4v) is 5.69. The van der Waals surface area contributed by atoms with E-state index in [1.165, 1.54) is 18.3 Å². The number of ether oxygens (including phenoxy) is 8. The third kappa shape index (κ3) is 7.73. The number of hydrogen-bond acceptors (Lipinski definition) is 10. The maximum Gasteiger partial charge on any atom is 0.360 e. The van der Waals surface area contributed by atoms with Crippen LogP contribution in [0, 0.1) is 0 Å². The first kappa shape index (κ1) is 38.2. The molecule has 0 aliphatic heterocycles. The third-order valence-corrected chi connectivity index (χ3v) is 7.58. The van der Waals surface area contributed by atoms with Gasteiger partial charge in [0.2, 0.25) is 5.43 Å². The number of fused-ring (bicyclic) bond motifs is 1. The van der Waals surface area contributed by atoms with E-state index in [-0.39, 0.29) is 55.4 Å². The smallest absolute Gasteiger partial charge is 0.360 e. The molecular weight excluding hydrogens is 646 g/mol. The second kappa shape index (κ2) is 17.3. The van der Waals surface area contributed by atoms with Gasteiger partial charge in [0.15, 0.2) is 11.5 Å². The summed E-state index contributed by atoms with van der Waals surface area (Å²) < 4.78 is 52.6. The lowest BCUT2D eigenvalue weighted by molar-refractivity contribution is -0.362. The number of aryl methyl sites for hydroxylation is 1. The molecule has 1 aromatic heterocycles. The molecule has 0 atom stereocenters. The molecule has 0 amide bonds. The van der Waals surface area contributed by atoms with Gasteiger partial charge < -0.3 is 47.6 Å². The predicted octanol–water partition coefficient (Wildman–Crippen LogP) is 7.04. The zero-order valence-electron chi connectivity index (χ0n) is 29.8. The first-order valence-corrected chi connectivity index (χ1v) is 17.0. The van der Waals surface area contributed by atoms with E-state index in [0.29, 0.717) is 35.8 Å². The van der Waals surface area contributed by atoms with Crippen molar-refractivity contribution >= 4 is 16.9 Å². The van der Waals surface area contributed by atoms with Gasteiger partial charge in [0.25, 0.3) is 0 Å². The molecule has 0 aliphatic carbocycles. The molecule has 12 heteroatoms. The number of rotatable bonds is 20. The van der Waals surface area contributed by atoms with Gasteiger partial charge in [-0.25, -0.2) is 4.79 Å². The van der Waals surface area contributed by atoms with Crippen molar-refractivity contribution in [1.82, 2.24) is 4.57 Å². The Balaban J connectivity index is 2.14. The van der Waals surface area contributed by atoms with Crippen molar-refractivity contribution in [1.29, 1.82) is 0 Å². The van der Waals surface area contributed by atoms with Gasteiger partial charge in [-0.1, -0.05) is 24.3 Å². The second-order valence-electron chi connectivity index (χ2n) is 10.7. The van der Waals surface area contributed by atoms with Crippen molar-refractivity contribution in [2.75, 3.05) is 39.6 Å². The summed E-state index contributed by atoms with van der Waals surface area (Å²) in [4.78, 5) is 25.9. The number of pyridine rings is 1. The molecule has 3 aromatic carbocycles. The highest BCUT2D eigenvalue weighted by molar-refractivity contribution is 5.95. The van der Waals surface area contributed by atoms with Crippen molar-refractivity contribution in [3.63, 3.8) is 0 Å². The maximum atomic E-state index is 13.7. The lowest BCUT2D eigenvalue weighted by Gasteiger charge is -2.37. The average molecular weight is 694 g/mol. The number of carbonyl (C=O) groups is 1. The molecule has 0 unspecified atom stereocenters. The van der Waals surface area contributed by atoms with Crippen molar-refractivity contribution in [2.24, 2.45) is 0 Å². The quantitative estimate of drug-likeness (QED) is 0.0956. The van der Waals surface area contributed by atoms with Gasteiger partial charge in [-0.3, -0.25) is 4.79 Å². The van der Waals surface area contributed by atoms with Gasteiger partial charge in [0.1, 0.15) is 17.1 Å². The molecule has 4 rings (SSSR count). The Labute approximate surface area is 292 Å². The van der Waals surface area contributed by atoms with Crippen LogP contribution in [0.5, 0.6) is 23.0 Å². The monoisotopic (exact) mass is 693 g/mol. The lowest BCUT2D eigenvalue weighted by Crippen LogP contribution is -2.42. The molecule has 270 valence electrons. The Bertz CT molecular complexity index is 1790. The van der Waals surface area contributed by atoms with Gasteiger partial charge in [0.05, 0.1) is 61.7 Å². The van der Waals surface area contributed by atoms with Gasteiger partial charge in [-0.05, 0) is 84.9 Å². The molecule has 0 fully saturated rings. The number of aromatic carboxylic acids is 1. The first-order valence-electron chi connectivity index (χ1n) is 17.0. The number of carboxylic acid groups (broad SMARTS) is 1. The van der Waals surface area contributed by atoms with Crippen molar-refractivity contribution in [3.8, 4) is 23.0 Å². The molecular formula is C38H47NO11. The maximum absolute atomic E-state index is 13.7. The number of benzene rings is 3. The van der Waals surface area contributed by atoms with Crippen LogP contribution < -0.4 is 24.4 Å². The molecule has 0 saturated heterocycles. The summed E-state index contributed by atoms with van der Waals surface area (Å²) in [6.45, 7) is 14.4. The SMILES string of the molecule is CCOc1ccccc1C(OCC)(OCC)Oc1ccc2c(=O)c(C(=O)O)cn(CC)c2c1OC(OCC)(OCC)c1ccccc1OCC. The summed E-state index contributed by atoms with van der Waals surface area (Å²) in [7, 11) is 0. The number of carboxylic acids is 1. The van der Waals surface area contributed by atoms with Crippen LogP contribution in [0.25, 0.3) is 10.9 Å². The highest BCUT2D eigenvalue weighted by Gasteiger charge is 2.45. The largest absolute Gasteiger partial charge is 0.493 e. The van der Waals surface area contributed by atoms with Crippen LogP contribution in [-0.2, 0) is 37.4 Å². The topological polar surface area (TPSA) is 133 Å². The van der Waals surface area contributed by atoms with Gasteiger partial charge in [-0.2, -0.15) is 0 Å². The van der Waals surface area contributed by atoms with Gasteiger partial charge >= 0.3 is 17.9 Å². The van der Waals surface area contributed by atoms with E-state index >= 15 is 0 Å². The van der Waals surface area contributed by atoms with E-state index in [0.717, 1.165) is 0 Å². The van der Waals surface area contributed by atoms with E-state index < -0.39 is 28.9 Å².